The van der Waals surface area contributed by atoms with E-state index in [1.165, 1.54) is 6.07 Å². The van der Waals surface area contributed by atoms with Gasteiger partial charge < -0.3 is 5.32 Å². The Morgan fingerprint density at radius 3 is 2.77 bits per heavy atom. The summed E-state index contributed by atoms with van der Waals surface area (Å²) in [6.45, 7) is 3.69. The second-order valence-electron chi connectivity index (χ2n) is 5.01. The van der Waals surface area contributed by atoms with E-state index in [1.54, 1.807) is 23.6 Å². The van der Waals surface area contributed by atoms with Crippen LogP contribution in [0.5, 0.6) is 0 Å². The van der Waals surface area contributed by atoms with E-state index < -0.39 is 11.6 Å². The third-order valence-electron chi connectivity index (χ3n) is 3.48. The lowest BCUT2D eigenvalue weighted by molar-refractivity contribution is 0.566. The lowest BCUT2D eigenvalue weighted by Gasteiger charge is -2.18. The van der Waals surface area contributed by atoms with Crippen LogP contribution in [0.15, 0.2) is 30.3 Å². The van der Waals surface area contributed by atoms with E-state index in [1.807, 2.05) is 6.92 Å². The first-order chi connectivity index (χ1) is 10.6. The molecule has 0 saturated heterocycles. The number of nitrogens with zero attached hydrogens (tertiary/aromatic N) is 4. The van der Waals surface area contributed by atoms with E-state index in [2.05, 4.69) is 20.6 Å². The van der Waals surface area contributed by atoms with E-state index in [4.69, 9.17) is 0 Å². The molecule has 2 aromatic heterocycles. The van der Waals surface area contributed by atoms with Gasteiger partial charge in [0.05, 0.1) is 6.04 Å². The Bertz CT molecular complexity index is 815. The van der Waals surface area contributed by atoms with Crippen molar-refractivity contribution in [2.24, 2.45) is 0 Å². The number of aromatic nitrogens is 4. The van der Waals surface area contributed by atoms with Crippen molar-refractivity contribution in [2.75, 3.05) is 5.32 Å². The minimum atomic E-state index is -0.463. The van der Waals surface area contributed by atoms with Crippen molar-refractivity contribution in [2.45, 2.75) is 26.3 Å². The Morgan fingerprint density at radius 1 is 1.18 bits per heavy atom. The molecule has 1 aromatic carbocycles. The number of halogens is 2. The number of nitrogens with one attached hydrogen (secondary N) is 1. The van der Waals surface area contributed by atoms with Crippen LogP contribution in [-0.4, -0.2) is 19.8 Å². The fraction of sp³-hybridized carbons (Fsp3) is 0.267. The predicted octanol–water partition coefficient (Wildman–Crippen LogP) is 3.27. The maximum absolute atomic E-state index is 13.9. The summed E-state index contributed by atoms with van der Waals surface area (Å²) >= 11 is 0. The minimum absolute atomic E-state index is 0.282. The van der Waals surface area contributed by atoms with Gasteiger partial charge in [0.15, 0.2) is 11.5 Å². The Kier molecular flexibility index (Phi) is 3.70. The maximum Gasteiger partial charge on any atom is 0.178 e. The van der Waals surface area contributed by atoms with Crippen LogP contribution in [0.4, 0.5) is 14.6 Å². The summed E-state index contributed by atoms with van der Waals surface area (Å²) in [5.41, 5.74) is 0.915. The van der Waals surface area contributed by atoms with Gasteiger partial charge in [0.25, 0.3) is 0 Å². The first kappa shape index (κ1) is 14.4. The maximum atomic E-state index is 13.9. The van der Waals surface area contributed by atoms with Gasteiger partial charge in [0.2, 0.25) is 0 Å². The van der Waals surface area contributed by atoms with Gasteiger partial charge >= 0.3 is 0 Å². The molecule has 1 N–H and O–H groups in total. The highest BCUT2D eigenvalue weighted by Gasteiger charge is 2.16. The van der Waals surface area contributed by atoms with Gasteiger partial charge in [0.1, 0.15) is 17.5 Å². The molecule has 114 valence electrons. The van der Waals surface area contributed by atoms with E-state index in [9.17, 15) is 8.78 Å². The quantitative estimate of drug-likeness (QED) is 0.803. The van der Waals surface area contributed by atoms with E-state index in [0.29, 0.717) is 23.7 Å². The average molecular weight is 303 g/mol. The zero-order chi connectivity index (χ0) is 15.7. The highest BCUT2D eigenvalue weighted by atomic mass is 19.1. The van der Waals surface area contributed by atoms with E-state index in [-0.39, 0.29) is 11.6 Å². The van der Waals surface area contributed by atoms with Crippen molar-refractivity contribution in [1.82, 2.24) is 19.8 Å². The molecule has 0 spiro atoms. The van der Waals surface area contributed by atoms with Crippen LogP contribution < -0.4 is 5.32 Å². The summed E-state index contributed by atoms with van der Waals surface area (Å²) in [5, 5.41) is 15.4. The van der Waals surface area contributed by atoms with Gasteiger partial charge in [-0.25, -0.2) is 8.78 Å². The molecule has 22 heavy (non-hydrogen) atoms. The molecular weight excluding hydrogens is 288 g/mol. The van der Waals surface area contributed by atoms with Crippen LogP contribution in [-0.2, 0) is 0 Å². The van der Waals surface area contributed by atoms with Crippen molar-refractivity contribution >= 4 is 11.5 Å². The Labute approximate surface area is 126 Å². The third kappa shape index (κ3) is 2.61. The first-order valence-corrected chi connectivity index (χ1v) is 6.99. The van der Waals surface area contributed by atoms with Crippen LogP contribution in [0.3, 0.4) is 0 Å². The van der Waals surface area contributed by atoms with Crippen molar-refractivity contribution < 1.29 is 8.78 Å². The highest BCUT2D eigenvalue weighted by molar-refractivity contribution is 5.45. The largest absolute Gasteiger partial charge is 0.362 e. The fourth-order valence-electron chi connectivity index (χ4n) is 2.33. The van der Waals surface area contributed by atoms with Crippen LogP contribution >= 0.6 is 0 Å². The minimum Gasteiger partial charge on any atom is -0.362 e. The Balaban J connectivity index is 1.93. The monoisotopic (exact) mass is 303 g/mol. The SMILES string of the molecule is CC[C@H](Nc1ccc2nnc(C)n2n1)c1cc(F)ccc1F. The summed E-state index contributed by atoms with van der Waals surface area (Å²) < 4.78 is 28.9. The number of hydrogen-bond donors (Lipinski definition) is 1. The lowest BCUT2D eigenvalue weighted by Crippen LogP contribution is -2.14. The fourth-order valence-corrected chi connectivity index (χ4v) is 2.33. The first-order valence-electron chi connectivity index (χ1n) is 6.99. The molecule has 0 aliphatic heterocycles. The van der Waals surface area contributed by atoms with Gasteiger partial charge in [-0.3, -0.25) is 0 Å². The van der Waals surface area contributed by atoms with Crippen LogP contribution in [0.25, 0.3) is 5.65 Å². The van der Waals surface area contributed by atoms with Crippen LogP contribution in [0, 0.1) is 18.6 Å². The van der Waals surface area contributed by atoms with Gasteiger partial charge in [0, 0.05) is 5.56 Å². The van der Waals surface area contributed by atoms with E-state index >= 15 is 0 Å². The normalized spacial score (nSPS) is 12.5. The molecule has 1 atom stereocenters. The van der Waals surface area contributed by atoms with Crippen molar-refractivity contribution in [3.63, 3.8) is 0 Å². The number of hydrogen-bond acceptors (Lipinski definition) is 4. The molecule has 2 heterocycles. The molecule has 3 aromatic rings. The molecule has 0 fully saturated rings. The van der Waals surface area contributed by atoms with Gasteiger partial charge in [-0.2, -0.15) is 4.52 Å². The predicted molar refractivity (Wildman–Crippen MR) is 78.5 cm³/mol. The molecule has 0 aliphatic carbocycles. The smallest absolute Gasteiger partial charge is 0.178 e. The topological polar surface area (TPSA) is 55.1 Å². The molecule has 0 saturated carbocycles. The molecular formula is C15H15F2N5. The number of benzene rings is 1. The summed E-state index contributed by atoms with van der Waals surface area (Å²) in [4.78, 5) is 0. The van der Waals surface area contributed by atoms with Crippen LogP contribution in [0.1, 0.15) is 30.8 Å². The summed E-state index contributed by atoms with van der Waals surface area (Å²) in [6, 6.07) is 6.58. The second kappa shape index (κ2) is 5.67. The van der Waals surface area contributed by atoms with Gasteiger partial charge in [-0.15, -0.1) is 15.3 Å². The molecule has 0 bridgehead atoms. The number of fused-ring (bicyclic) bond motifs is 1. The lowest BCUT2D eigenvalue weighted by atomic mass is 10.0. The van der Waals surface area contributed by atoms with Crippen molar-refractivity contribution in [3.05, 3.63) is 53.4 Å². The molecule has 0 aliphatic rings. The summed E-state index contributed by atoms with van der Waals surface area (Å²) in [6.07, 6.45) is 0.585. The van der Waals surface area contributed by atoms with Gasteiger partial charge in [-0.05, 0) is 43.7 Å². The van der Waals surface area contributed by atoms with Crippen molar-refractivity contribution in [3.8, 4) is 0 Å². The Morgan fingerprint density at radius 2 is 2.00 bits per heavy atom. The molecule has 5 nitrogen and oxygen atoms in total. The average Bonchev–Trinajstić information content (AvgIpc) is 2.88. The number of anilines is 1. The molecule has 0 radical (unpaired) electrons. The second-order valence-corrected chi connectivity index (χ2v) is 5.01. The van der Waals surface area contributed by atoms with Crippen LogP contribution in [0.2, 0.25) is 0 Å². The highest BCUT2D eigenvalue weighted by Crippen LogP contribution is 2.24. The third-order valence-corrected chi connectivity index (χ3v) is 3.48. The van der Waals surface area contributed by atoms with E-state index in [0.717, 1.165) is 12.1 Å². The molecule has 7 heteroatoms. The summed E-state index contributed by atoms with van der Waals surface area (Å²) in [7, 11) is 0. The summed E-state index contributed by atoms with van der Waals surface area (Å²) in [5.74, 6) is 0.298. The zero-order valence-electron chi connectivity index (χ0n) is 12.2. The number of rotatable bonds is 4. The number of aryl methyl sites for hydroxylation is 1. The molecule has 3 rings (SSSR count). The van der Waals surface area contributed by atoms with Crippen molar-refractivity contribution in [1.29, 1.82) is 0 Å². The van der Waals surface area contributed by atoms with Gasteiger partial charge in [-0.1, -0.05) is 6.92 Å². The molecule has 0 unspecified atom stereocenters. The molecule has 0 amide bonds. The standard InChI is InChI=1S/C15H15F2N5/c1-3-13(11-8-10(16)4-5-12(11)17)18-14-6-7-15-20-19-9(2)22(15)21-14/h4-8,13H,3H2,1-2H3,(H,18,21)/t13-/m0/s1. The zero-order valence-corrected chi connectivity index (χ0v) is 12.2. The Hall–Kier alpha value is -2.57.